The van der Waals surface area contributed by atoms with E-state index in [1.165, 1.54) is 19.1 Å². The van der Waals surface area contributed by atoms with Crippen LogP contribution in [-0.4, -0.2) is 15.1 Å². The second kappa shape index (κ2) is 6.14. The summed E-state index contributed by atoms with van der Waals surface area (Å²) in [5.41, 5.74) is -2.76. The van der Waals surface area contributed by atoms with Crippen LogP contribution in [0, 0.1) is 17.0 Å². The quantitative estimate of drug-likeness (QED) is 0.477. The predicted octanol–water partition coefficient (Wildman–Crippen LogP) is 4.75. The third-order valence-electron chi connectivity index (χ3n) is 3.14. The van der Waals surface area contributed by atoms with Crippen LogP contribution in [0.4, 0.5) is 30.2 Å². The monoisotopic (exact) mass is 341 g/mol. The zero-order valence-electron chi connectivity index (χ0n) is 12.1. The number of benzene rings is 2. The van der Waals surface area contributed by atoms with Gasteiger partial charge in [0, 0.05) is 17.7 Å². The molecule has 0 amide bonds. The van der Waals surface area contributed by atoms with Crippen LogP contribution in [0.1, 0.15) is 11.1 Å². The van der Waals surface area contributed by atoms with E-state index in [-0.39, 0.29) is 17.0 Å². The number of halogens is 3. The summed E-state index contributed by atoms with van der Waals surface area (Å²) in [6.45, 7) is 1.39. The number of alkyl halides is 3. The average Bonchev–Trinajstić information content (AvgIpc) is 2.51. The summed E-state index contributed by atoms with van der Waals surface area (Å²) in [5.74, 6) is -0.646. The number of phenolic OH excluding ortho intramolecular Hbond substituents is 2. The Morgan fingerprint density at radius 2 is 1.67 bits per heavy atom. The molecule has 10 heteroatoms. The summed E-state index contributed by atoms with van der Waals surface area (Å²) in [4.78, 5) is 9.66. The molecule has 0 unspecified atom stereocenters. The highest BCUT2D eigenvalue weighted by Crippen LogP contribution is 2.40. The molecule has 0 saturated heterocycles. The van der Waals surface area contributed by atoms with Gasteiger partial charge in [0.2, 0.25) is 0 Å². The molecule has 0 heterocycles. The van der Waals surface area contributed by atoms with E-state index in [2.05, 4.69) is 10.2 Å². The van der Waals surface area contributed by atoms with Crippen molar-refractivity contribution < 1.29 is 28.3 Å². The topological polar surface area (TPSA) is 108 Å². The smallest absolute Gasteiger partial charge is 0.418 e. The van der Waals surface area contributed by atoms with Gasteiger partial charge in [-0.15, -0.1) is 10.2 Å². The van der Waals surface area contributed by atoms with E-state index in [0.29, 0.717) is 6.07 Å². The molecule has 0 fully saturated rings. The number of rotatable bonds is 3. The summed E-state index contributed by atoms with van der Waals surface area (Å²) in [6.07, 6.45) is -4.87. The standard InChI is InChI=1S/C14H10F3N3O4/c1-7-12(21)5-4-11(13(7)22)19-18-10-3-2-8(20(23)24)6-9(10)14(15,16)17/h2-6,21-22H,1H3. The molecule has 2 aromatic rings. The van der Waals surface area contributed by atoms with Crippen molar-refractivity contribution in [2.75, 3.05) is 0 Å². The Hall–Kier alpha value is -3.17. The fourth-order valence-electron chi connectivity index (χ4n) is 1.82. The lowest BCUT2D eigenvalue weighted by molar-refractivity contribution is -0.385. The molecule has 2 aromatic carbocycles. The van der Waals surface area contributed by atoms with E-state index in [4.69, 9.17) is 0 Å². The summed E-state index contributed by atoms with van der Waals surface area (Å²) >= 11 is 0. The van der Waals surface area contributed by atoms with Crippen LogP contribution in [0.15, 0.2) is 40.6 Å². The lowest BCUT2D eigenvalue weighted by Crippen LogP contribution is -2.06. The van der Waals surface area contributed by atoms with Gasteiger partial charge >= 0.3 is 6.18 Å². The number of non-ortho nitro benzene ring substituents is 1. The molecule has 0 bridgehead atoms. The first kappa shape index (κ1) is 17.2. The first-order valence-electron chi connectivity index (χ1n) is 6.40. The first-order chi connectivity index (χ1) is 11.1. The van der Waals surface area contributed by atoms with Gasteiger partial charge in [0.1, 0.15) is 17.2 Å². The van der Waals surface area contributed by atoms with Crippen molar-refractivity contribution in [1.82, 2.24) is 0 Å². The predicted molar refractivity (Wildman–Crippen MR) is 76.8 cm³/mol. The summed E-state index contributed by atoms with van der Waals surface area (Å²) in [6, 6.07) is 4.40. The number of phenols is 2. The van der Waals surface area contributed by atoms with Crippen LogP contribution in [-0.2, 0) is 6.18 Å². The number of hydrogen-bond acceptors (Lipinski definition) is 6. The molecule has 126 valence electrons. The maximum Gasteiger partial charge on any atom is 0.418 e. The van der Waals surface area contributed by atoms with Gasteiger partial charge in [0.05, 0.1) is 16.2 Å². The number of aromatic hydroxyl groups is 2. The van der Waals surface area contributed by atoms with Crippen molar-refractivity contribution in [1.29, 1.82) is 0 Å². The van der Waals surface area contributed by atoms with Crippen LogP contribution in [0.5, 0.6) is 11.5 Å². The van der Waals surface area contributed by atoms with E-state index < -0.39 is 33.8 Å². The molecule has 0 spiro atoms. The molecule has 0 aromatic heterocycles. The Labute approximate surface area is 132 Å². The van der Waals surface area contributed by atoms with E-state index in [1.807, 2.05) is 0 Å². The summed E-state index contributed by atoms with van der Waals surface area (Å²) in [7, 11) is 0. The highest BCUT2D eigenvalue weighted by molar-refractivity contribution is 5.60. The molecule has 0 aliphatic rings. The Morgan fingerprint density at radius 3 is 2.25 bits per heavy atom. The van der Waals surface area contributed by atoms with Crippen LogP contribution in [0.2, 0.25) is 0 Å². The number of nitro groups is 1. The highest BCUT2D eigenvalue weighted by atomic mass is 19.4. The van der Waals surface area contributed by atoms with Gasteiger partial charge in [-0.1, -0.05) is 0 Å². The molecule has 0 saturated carbocycles. The largest absolute Gasteiger partial charge is 0.508 e. The Morgan fingerprint density at radius 1 is 1.08 bits per heavy atom. The van der Waals surface area contributed by atoms with E-state index in [1.54, 1.807) is 0 Å². The highest BCUT2D eigenvalue weighted by Gasteiger charge is 2.35. The fraction of sp³-hybridized carbons (Fsp3) is 0.143. The number of hydrogen-bond donors (Lipinski definition) is 2. The molecule has 7 nitrogen and oxygen atoms in total. The van der Waals surface area contributed by atoms with Crippen LogP contribution >= 0.6 is 0 Å². The van der Waals surface area contributed by atoms with E-state index in [0.717, 1.165) is 12.1 Å². The third kappa shape index (κ3) is 3.42. The molecule has 2 N–H and O–H groups in total. The Balaban J connectivity index is 2.50. The number of azo groups is 1. The van der Waals surface area contributed by atoms with E-state index in [9.17, 15) is 33.5 Å². The maximum atomic E-state index is 13.0. The molecule has 2 rings (SSSR count). The molecule has 0 atom stereocenters. The lowest BCUT2D eigenvalue weighted by Gasteiger charge is -2.09. The van der Waals surface area contributed by atoms with Gasteiger partial charge in [0.25, 0.3) is 5.69 Å². The van der Waals surface area contributed by atoms with Crippen molar-refractivity contribution in [2.45, 2.75) is 13.1 Å². The van der Waals surface area contributed by atoms with Crippen molar-refractivity contribution in [3.63, 3.8) is 0 Å². The van der Waals surface area contributed by atoms with Crippen molar-refractivity contribution >= 4 is 17.1 Å². The van der Waals surface area contributed by atoms with Gasteiger partial charge in [-0.2, -0.15) is 13.2 Å². The minimum absolute atomic E-state index is 0.0891. The van der Waals surface area contributed by atoms with Gasteiger partial charge in [-0.3, -0.25) is 10.1 Å². The van der Waals surface area contributed by atoms with Crippen LogP contribution in [0.25, 0.3) is 0 Å². The van der Waals surface area contributed by atoms with Gasteiger partial charge in [-0.25, -0.2) is 0 Å². The summed E-state index contributed by atoms with van der Waals surface area (Å²) in [5, 5.41) is 36.7. The van der Waals surface area contributed by atoms with Crippen molar-refractivity contribution in [2.24, 2.45) is 10.2 Å². The Kier molecular flexibility index (Phi) is 4.40. The zero-order valence-corrected chi connectivity index (χ0v) is 12.1. The third-order valence-corrected chi connectivity index (χ3v) is 3.14. The summed E-state index contributed by atoms with van der Waals surface area (Å²) < 4.78 is 39.0. The van der Waals surface area contributed by atoms with E-state index >= 15 is 0 Å². The molecular weight excluding hydrogens is 331 g/mol. The van der Waals surface area contributed by atoms with Crippen LogP contribution < -0.4 is 0 Å². The van der Waals surface area contributed by atoms with Gasteiger partial charge in [-0.05, 0) is 25.1 Å². The SMILES string of the molecule is Cc1c(O)ccc(N=Nc2ccc([N+](=O)[O-])cc2C(F)(F)F)c1O. The second-order valence-corrected chi connectivity index (χ2v) is 4.73. The second-order valence-electron chi connectivity index (χ2n) is 4.73. The minimum atomic E-state index is -4.87. The lowest BCUT2D eigenvalue weighted by atomic mass is 10.1. The van der Waals surface area contributed by atoms with Crippen LogP contribution in [0.3, 0.4) is 0 Å². The van der Waals surface area contributed by atoms with Gasteiger partial charge < -0.3 is 10.2 Å². The fourth-order valence-corrected chi connectivity index (χ4v) is 1.82. The van der Waals surface area contributed by atoms with Crippen molar-refractivity contribution in [3.05, 3.63) is 51.6 Å². The zero-order chi connectivity index (χ0) is 18.1. The normalized spacial score (nSPS) is 11.8. The molecule has 24 heavy (non-hydrogen) atoms. The number of nitrogens with zero attached hydrogens (tertiary/aromatic N) is 3. The average molecular weight is 341 g/mol. The van der Waals surface area contributed by atoms with Crippen molar-refractivity contribution in [3.8, 4) is 11.5 Å². The first-order valence-corrected chi connectivity index (χ1v) is 6.40. The Bertz CT molecular complexity index is 835. The molecule has 0 radical (unpaired) electrons. The molecular formula is C14H10F3N3O4. The minimum Gasteiger partial charge on any atom is -0.508 e. The number of nitro benzene ring substituents is 1. The molecule has 0 aliphatic heterocycles. The van der Waals surface area contributed by atoms with Gasteiger partial charge in [0.15, 0.2) is 0 Å². The molecule has 0 aliphatic carbocycles. The maximum absolute atomic E-state index is 13.0.